The number of ether oxygens (including phenoxy) is 1. The highest BCUT2D eigenvalue weighted by Crippen LogP contribution is 2.36. The number of aromatic nitrogens is 1. The molecule has 1 unspecified atom stereocenters. The molecule has 0 saturated carbocycles. The lowest BCUT2D eigenvalue weighted by Crippen LogP contribution is -2.06. The predicted molar refractivity (Wildman–Crippen MR) is 139 cm³/mol. The van der Waals surface area contributed by atoms with Crippen LogP contribution in [0.3, 0.4) is 0 Å². The molecule has 0 saturated heterocycles. The molecule has 0 amide bonds. The van der Waals surface area contributed by atoms with Gasteiger partial charge in [0.2, 0.25) is 0 Å². The predicted octanol–water partition coefficient (Wildman–Crippen LogP) is 7.67. The van der Waals surface area contributed by atoms with E-state index in [2.05, 4.69) is 35.3 Å². The normalized spacial score (nSPS) is 11.6. The number of fused-ring (bicyclic) bond motifs is 1. The lowest BCUT2D eigenvalue weighted by atomic mass is 9.92. The van der Waals surface area contributed by atoms with E-state index in [0.29, 0.717) is 22.8 Å². The maximum atomic E-state index is 9.86. The number of nitriles is 2. The summed E-state index contributed by atoms with van der Waals surface area (Å²) in [6.45, 7) is 0.303. The van der Waals surface area contributed by atoms with Gasteiger partial charge in [0.25, 0.3) is 0 Å². The summed E-state index contributed by atoms with van der Waals surface area (Å²) in [5.41, 5.74) is 6.47. The fourth-order valence-electron chi connectivity index (χ4n) is 4.12. The van der Waals surface area contributed by atoms with E-state index < -0.39 is 0 Å². The SMILES string of the molecule is N#Cc1ccc(COC(c2ccc(C#N)c(-c3cccc4ccccc34)c2)c2cncs2)cc1Cl. The standard InChI is InChI=1S/C29H18ClN3OS/c30-27-12-19(8-9-23(27)15-32)17-34-29(28-16-33-18-35-28)21-10-11-22(14-31)26(13-21)25-7-3-5-20-4-1-2-6-24(20)25/h1-13,16,18,29H,17H2. The lowest BCUT2D eigenvalue weighted by molar-refractivity contribution is 0.0689. The molecule has 35 heavy (non-hydrogen) atoms. The van der Waals surface area contributed by atoms with Crippen LogP contribution in [0.15, 0.2) is 90.6 Å². The number of halogens is 1. The summed E-state index contributed by atoms with van der Waals surface area (Å²) in [6, 6.07) is 29.8. The van der Waals surface area contributed by atoms with Gasteiger partial charge in [-0.2, -0.15) is 10.5 Å². The van der Waals surface area contributed by atoms with Crippen molar-refractivity contribution in [1.82, 2.24) is 4.98 Å². The second-order valence-corrected chi connectivity index (χ2v) is 9.29. The Balaban J connectivity index is 1.56. The van der Waals surface area contributed by atoms with E-state index in [1.54, 1.807) is 23.8 Å². The third-order valence-corrected chi connectivity index (χ3v) is 6.96. The van der Waals surface area contributed by atoms with Gasteiger partial charge in [-0.05, 0) is 51.7 Å². The molecule has 0 aliphatic carbocycles. The number of thiazole rings is 1. The van der Waals surface area contributed by atoms with E-state index in [-0.39, 0.29) is 6.10 Å². The quantitative estimate of drug-likeness (QED) is 0.244. The summed E-state index contributed by atoms with van der Waals surface area (Å²) in [5.74, 6) is 0. The number of hydrogen-bond donors (Lipinski definition) is 0. The molecule has 4 aromatic carbocycles. The highest BCUT2D eigenvalue weighted by Gasteiger charge is 2.20. The van der Waals surface area contributed by atoms with Gasteiger partial charge in [0, 0.05) is 11.8 Å². The van der Waals surface area contributed by atoms with E-state index in [9.17, 15) is 5.26 Å². The second kappa shape index (κ2) is 10.1. The van der Waals surface area contributed by atoms with Crippen LogP contribution in [0.2, 0.25) is 5.02 Å². The first kappa shape index (κ1) is 22.8. The summed E-state index contributed by atoms with van der Waals surface area (Å²) in [5, 5.41) is 21.6. The zero-order valence-corrected chi connectivity index (χ0v) is 20.1. The molecule has 0 aliphatic heterocycles. The van der Waals surface area contributed by atoms with Crippen molar-refractivity contribution in [3.63, 3.8) is 0 Å². The van der Waals surface area contributed by atoms with E-state index in [1.165, 1.54) is 11.3 Å². The van der Waals surface area contributed by atoms with E-state index in [1.807, 2.05) is 48.5 Å². The number of hydrogen-bond acceptors (Lipinski definition) is 5. The van der Waals surface area contributed by atoms with Crippen LogP contribution < -0.4 is 0 Å². The number of nitrogens with zero attached hydrogens (tertiary/aromatic N) is 3. The third kappa shape index (κ3) is 4.67. The largest absolute Gasteiger partial charge is 0.363 e. The van der Waals surface area contributed by atoms with Gasteiger partial charge in [0.05, 0.1) is 39.2 Å². The van der Waals surface area contributed by atoms with Crippen LogP contribution in [0.5, 0.6) is 0 Å². The Labute approximate surface area is 212 Å². The van der Waals surface area contributed by atoms with E-state index in [0.717, 1.165) is 37.9 Å². The fourth-order valence-corrected chi connectivity index (χ4v) is 5.06. The van der Waals surface area contributed by atoms with Crippen molar-refractivity contribution in [2.24, 2.45) is 0 Å². The van der Waals surface area contributed by atoms with Crippen LogP contribution in [-0.4, -0.2) is 4.98 Å². The van der Waals surface area contributed by atoms with Crippen molar-refractivity contribution in [3.05, 3.63) is 123 Å². The molecule has 5 rings (SSSR count). The number of benzene rings is 4. The zero-order chi connectivity index (χ0) is 24.2. The van der Waals surface area contributed by atoms with Crippen molar-refractivity contribution in [1.29, 1.82) is 10.5 Å². The molecule has 6 heteroatoms. The van der Waals surface area contributed by atoms with Gasteiger partial charge < -0.3 is 4.74 Å². The highest BCUT2D eigenvalue weighted by atomic mass is 35.5. The van der Waals surface area contributed by atoms with Crippen LogP contribution in [0, 0.1) is 22.7 Å². The zero-order valence-electron chi connectivity index (χ0n) is 18.5. The maximum Gasteiger partial charge on any atom is 0.119 e. The van der Waals surface area contributed by atoms with Gasteiger partial charge in [0.1, 0.15) is 12.2 Å². The first-order valence-corrected chi connectivity index (χ1v) is 12.1. The van der Waals surface area contributed by atoms with Crippen LogP contribution in [-0.2, 0) is 11.3 Å². The summed E-state index contributed by atoms with van der Waals surface area (Å²) in [4.78, 5) is 5.20. The van der Waals surface area contributed by atoms with Gasteiger partial charge in [-0.1, -0.05) is 66.2 Å². The molecule has 0 aliphatic rings. The van der Waals surface area contributed by atoms with Crippen LogP contribution in [0.25, 0.3) is 21.9 Å². The Hall–Kier alpha value is -4.00. The summed E-state index contributed by atoms with van der Waals surface area (Å²) in [7, 11) is 0. The molecular weight excluding hydrogens is 474 g/mol. The minimum atomic E-state index is -0.376. The van der Waals surface area contributed by atoms with E-state index >= 15 is 0 Å². The van der Waals surface area contributed by atoms with Gasteiger partial charge >= 0.3 is 0 Å². The molecule has 0 fully saturated rings. The average molecular weight is 492 g/mol. The van der Waals surface area contributed by atoms with Crippen molar-refractivity contribution >= 4 is 33.7 Å². The van der Waals surface area contributed by atoms with Crippen molar-refractivity contribution in [2.45, 2.75) is 12.7 Å². The van der Waals surface area contributed by atoms with Crippen molar-refractivity contribution in [2.75, 3.05) is 0 Å². The monoisotopic (exact) mass is 491 g/mol. The maximum absolute atomic E-state index is 9.86. The van der Waals surface area contributed by atoms with Gasteiger partial charge in [-0.15, -0.1) is 11.3 Å². The molecule has 5 aromatic rings. The minimum Gasteiger partial charge on any atom is -0.363 e. The molecule has 0 spiro atoms. The van der Waals surface area contributed by atoms with E-state index in [4.69, 9.17) is 21.6 Å². The first-order chi connectivity index (χ1) is 17.2. The molecule has 0 bridgehead atoms. The Kier molecular flexibility index (Phi) is 6.57. The smallest absolute Gasteiger partial charge is 0.119 e. The molecule has 168 valence electrons. The Morgan fingerprint density at radius 2 is 1.69 bits per heavy atom. The second-order valence-electron chi connectivity index (χ2n) is 7.96. The number of rotatable bonds is 6. The van der Waals surface area contributed by atoms with Gasteiger partial charge in [0.15, 0.2) is 0 Å². The molecule has 1 aromatic heterocycles. The Morgan fingerprint density at radius 1 is 0.886 bits per heavy atom. The molecule has 0 radical (unpaired) electrons. The van der Waals surface area contributed by atoms with Crippen LogP contribution in [0.1, 0.15) is 33.2 Å². The summed E-state index contributed by atoms with van der Waals surface area (Å²) < 4.78 is 6.38. The summed E-state index contributed by atoms with van der Waals surface area (Å²) in [6.07, 6.45) is 1.43. The third-order valence-electron chi connectivity index (χ3n) is 5.83. The van der Waals surface area contributed by atoms with Gasteiger partial charge in [-0.3, -0.25) is 4.98 Å². The highest BCUT2D eigenvalue weighted by molar-refractivity contribution is 7.09. The molecule has 1 atom stereocenters. The average Bonchev–Trinajstić information content (AvgIpc) is 3.43. The Bertz CT molecular complexity index is 1590. The Morgan fingerprint density at radius 3 is 2.46 bits per heavy atom. The fraction of sp³-hybridized carbons (Fsp3) is 0.0690. The molecular formula is C29H18ClN3OS. The summed E-state index contributed by atoms with van der Waals surface area (Å²) >= 11 is 7.73. The van der Waals surface area contributed by atoms with Crippen molar-refractivity contribution < 1.29 is 4.74 Å². The topological polar surface area (TPSA) is 69.7 Å². The molecule has 4 nitrogen and oxygen atoms in total. The van der Waals surface area contributed by atoms with Crippen molar-refractivity contribution in [3.8, 4) is 23.3 Å². The van der Waals surface area contributed by atoms with Crippen LogP contribution in [0.4, 0.5) is 0 Å². The lowest BCUT2D eigenvalue weighted by Gasteiger charge is -2.19. The molecule has 1 heterocycles. The molecule has 0 N–H and O–H groups in total. The minimum absolute atomic E-state index is 0.303. The van der Waals surface area contributed by atoms with Crippen LogP contribution >= 0.6 is 22.9 Å². The van der Waals surface area contributed by atoms with Gasteiger partial charge in [-0.25, -0.2) is 0 Å². The first-order valence-electron chi connectivity index (χ1n) is 10.9.